The molecule has 0 aliphatic rings. The molecule has 2 amide bonds. The van der Waals surface area contributed by atoms with Crippen LogP contribution in [0.15, 0.2) is 9.90 Å². The van der Waals surface area contributed by atoms with Gasteiger partial charge in [-0.3, -0.25) is 0 Å². The normalized spacial score (nSPS) is 12.1. The summed E-state index contributed by atoms with van der Waals surface area (Å²) in [6.07, 6.45) is 2.32. The van der Waals surface area contributed by atoms with Crippen LogP contribution in [0, 0.1) is 6.92 Å². The molecule has 2 aromatic rings. The van der Waals surface area contributed by atoms with E-state index in [0.717, 1.165) is 23.5 Å². The Balaban J connectivity index is 1.66. The van der Waals surface area contributed by atoms with Crippen LogP contribution in [0.1, 0.15) is 48.7 Å². The lowest BCUT2D eigenvalue weighted by Crippen LogP contribution is -2.37. The predicted molar refractivity (Wildman–Crippen MR) is 83.8 cm³/mol. The van der Waals surface area contributed by atoms with Crippen LogP contribution in [-0.2, 0) is 12.8 Å². The van der Waals surface area contributed by atoms with Gasteiger partial charge in [-0.05, 0) is 26.7 Å². The van der Waals surface area contributed by atoms with Gasteiger partial charge in [-0.2, -0.15) is 4.98 Å². The monoisotopic (exact) mass is 323 g/mol. The Bertz CT molecular complexity index is 610. The molecule has 0 saturated heterocycles. The lowest BCUT2D eigenvalue weighted by Gasteiger charge is -2.12. The molecule has 0 bridgehead atoms. The summed E-state index contributed by atoms with van der Waals surface area (Å²) in [4.78, 5) is 20.4. The number of nitrogens with one attached hydrogen (secondary N) is 2. The third kappa shape index (κ3) is 4.80. The summed E-state index contributed by atoms with van der Waals surface area (Å²) in [6.45, 7) is 6.33. The van der Waals surface area contributed by atoms with E-state index < -0.39 is 0 Å². The lowest BCUT2D eigenvalue weighted by atomic mass is 10.2. The molecule has 1 atom stereocenters. The first kappa shape index (κ1) is 16.4. The number of hydrogen-bond donors (Lipinski definition) is 2. The molecule has 8 heteroatoms. The molecule has 2 aromatic heterocycles. The molecule has 0 fully saturated rings. The van der Waals surface area contributed by atoms with Gasteiger partial charge in [0.2, 0.25) is 5.89 Å². The summed E-state index contributed by atoms with van der Waals surface area (Å²) < 4.78 is 5.01. The first-order valence-electron chi connectivity index (χ1n) is 7.36. The van der Waals surface area contributed by atoms with Gasteiger partial charge in [0, 0.05) is 18.3 Å². The van der Waals surface area contributed by atoms with E-state index in [1.165, 1.54) is 0 Å². The van der Waals surface area contributed by atoms with Gasteiger partial charge in [0.1, 0.15) is 0 Å². The Kier molecular flexibility index (Phi) is 5.88. The zero-order chi connectivity index (χ0) is 15.9. The van der Waals surface area contributed by atoms with Crippen LogP contribution in [0.5, 0.6) is 0 Å². The van der Waals surface area contributed by atoms with Crippen LogP contribution in [-0.4, -0.2) is 27.7 Å². The fourth-order valence-corrected chi connectivity index (χ4v) is 2.73. The molecule has 2 rings (SSSR count). The minimum Gasteiger partial charge on any atom is -0.339 e. The van der Waals surface area contributed by atoms with Crippen molar-refractivity contribution >= 4 is 17.4 Å². The topological polar surface area (TPSA) is 92.9 Å². The molecule has 0 spiro atoms. The number of hydrogen-bond acceptors (Lipinski definition) is 6. The molecule has 2 heterocycles. The first-order valence-corrected chi connectivity index (χ1v) is 8.24. The van der Waals surface area contributed by atoms with Gasteiger partial charge in [-0.1, -0.05) is 12.1 Å². The van der Waals surface area contributed by atoms with E-state index in [-0.39, 0.29) is 12.1 Å². The standard InChI is InChI=1S/C14H21N5O2S/c1-4-13-18-11(8-22-13)9(2)16-14(20)15-7-5-6-12-17-10(3)19-21-12/h8-9H,4-7H2,1-3H3,(H2,15,16,20)/t9-/m0/s1. The lowest BCUT2D eigenvalue weighted by molar-refractivity contribution is 0.237. The Labute approximate surface area is 133 Å². The molecular formula is C14H21N5O2S. The van der Waals surface area contributed by atoms with Crippen LogP contribution in [0.25, 0.3) is 0 Å². The molecule has 0 aromatic carbocycles. The maximum atomic E-state index is 11.8. The smallest absolute Gasteiger partial charge is 0.315 e. The van der Waals surface area contributed by atoms with Crippen molar-refractivity contribution in [3.05, 3.63) is 27.8 Å². The van der Waals surface area contributed by atoms with Gasteiger partial charge in [0.05, 0.1) is 16.7 Å². The second kappa shape index (κ2) is 7.88. The fraction of sp³-hybridized carbons (Fsp3) is 0.571. The maximum absolute atomic E-state index is 11.8. The summed E-state index contributed by atoms with van der Waals surface area (Å²) >= 11 is 1.62. The second-order valence-electron chi connectivity index (χ2n) is 4.98. The number of nitrogens with zero attached hydrogens (tertiary/aromatic N) is 3. The van der Waals surface area contributed by atoms with Crippen molar-refractivity contribution in [2.75, 3.05) is 6.54 Å². The number of aryl methyl sites for hydroxylation is 3. The minimum absolute atomic E-state index is 0.102. The fourth-order valence-electron chi connectivity index (χ4n) is 1.89. The van der Waals surface area contributed by atoms with E-state index in [1.54, 1.807) is 18.3 Å². The zero-order valence-corrected chi connectivity index (χ0v) is 13.9. The van der Waals surface area contributed by atoms with Crippen LogP contribution in [0.4, 0.5) is 4.79 Å². The highest BCUT2D eigenvalue weighted by Crippen LogP contribution is 2.16. The predicted octanol–water partition coefficient (Wildman–Crippen LogP) is 2.39. The molecule has 22 heavy (non-hydrogen) atoms. The zero-order valence-electron chi connectivity index (χ0n) is 13.0. The maximum Gasteiger partial charge on any atom is 0.315 e. The van der Waals surface area contributed by atoms with Crippen LogP contribution < -0.4 is 10.6 Å². The van der Waals surface area contributed by atoms with Crippen LogP contribution in [0.2, 0.25) is 0 Å². The number of thiazole rings is 1. The summed E-state index contributed by atoms with van der Waals surface area (Å²) in [5.74, 6) is 1.23. The quantitative estimate of drug-likeness (QED) is 0.763. The first-order chi connectivity index (χ1) is 10.6. The molecular weight excluding hydrogens is 302 g/mol. The van der Waals surface area contributed by atoms with Crippen molar-refractivity contribution in [1.82, 2.24) is 25.8 Å². The Morgan fingerprint density at radius 2 is 2.27 bits per heavy atom. The van der Waals surface area contributed by atoms with E-state index in [2.05, 4.69) is 32.7 Å². The number of urea groups is 1. The number of aromatic nitrogens is 3. The van der Waals surface area contributed by atoms with Gasteiger partial charge >= 0.3 is 6.03 Å². The highest BCUT2D eigenvalue weighted by molar-refractivity contribution is 7.09. The van der Waals surface area contributed by atoms with Gasteiger partial charge in [0.25, 0.3) is 0 Å². The summed E-state index contributed by atoms with van der Waals surface area (Å²) in [7, 11) is 0. The molecule has 120 valence electrons. The van der Waals surface area contributed by atoms with E-state index in [0.29, 0.717) is 24.7 Å². The third-order valence-corrected chi connectivity index (χ3v) is 4.10. The number of carbonyl (C=O) groups excluding carboxylic acids is 1. The summed E-state index contributed by atoms with van der Waals surface area (Å²) in [5, 5.41) is 12.5. The molecule has 0 unspecified atom stereocenters. The molecule has 0 aliphatic heterocycles. The van der Waals surface area contributed by atoms with Crippen molar-refractivity contribution in [1.29, 1.82) is 0 Å². The molecule has 0 radical (unpaired) electrons. The largest absolute Gasteiger partial charge is 0.339 e. The highest BCUT2D eigenvalue weighted by atomic mass is 32.1. The summed E-state index contributed by atoms with van der Waals surface area (Å²) in [6, 6.07) is -0.296. The number of amides is 2. The van der Waals surface area contributed by atoms with Crippen LogP contribution in [0.3, 0.4) is 0 Å². The van der Waals surface area contributed by atoms with Crippen molar-refractivity contribution in [2.24, 2.45) is 0 Å². The third-order valence-electron chi connectivity index (χ3n) is 3.09. The van der Waals surface area contributed by atoms with Gasteiger partial charge in [-0.15, -0.1) is 11.3 Å². The van der Waals surface area contributed by atoms with Gasteiger partial charge in [0.15, 0.2) is 5.82 Å². The van der Waals surface area contributed by atoms with Crippen LogP contribution >= 0.6 is 11.3 Å². The minimum atomic E-state index is -0.194. The van der Waals surface area contributed by atoms with Crippen molar-refractivity contribution < 1.29 is 9.32 Å². The SMILES string of the molecule is CCc1nc([C@H](C)NC(=O)NCCCc2nc(C)no2)cs1. The van der Waals surface area contributed by atoms with Gasteiger partial charge < -0.3 is 15.2 Å². The average Bonchev–Trinajstić information content (AvgIpc) is 3.12. The van der Waals surface area contributed by atoms with E-state index in [4.69, 9.17) is 4.52 Å². The Morgan fingerprint density at radius 1 is 1.45 bits per heavy atom. The number of carbonyl (C=O) groups is 1. The average molecular weight is 323 g/mol. The van der Waals surface area contributed by atoms with Crippen molar-refractivity contribution in [3.63, 3.8) is 0 Å². The second-order valence-corrected chi connectivity index (χ2v) is 5.92. The van der Waals surface area contributed by atoms with E-state index >= 15 is 0 Å². The van der Waals surface area contributed by atoms with E-state index in [9.17, 15) is 4.79 Å². The highest BCUT2D eigenvalue weighted by Gasteiger charge is 2.12. The molecule has 0 aliphatic carbocycles. The van der Waals surface area contributed by atoms with Crippen molar-refractivity contribution in [3.8, 4) is 0 Å². The Hall–Kier alpha value is -1.96. The molecule has 0 saturated carbocycles. The molecule has 2 N–H and O–H groups in total. The summed E-state index contributed by atoms with van der Waals surface area (Å²) in [5.41, 5.74) is 0.901. The number of rotatable bonds is 7. The van der Waals surface area contributed by atoms with E-state index in [1.807, 2.05) is 12.3 Å². The Morgan fingerprint density at radius 3 is 2.91 bits per heavy atom. The molecule has 7 nitrogen and oxygen atoms in total. The van der Waals surface area contributed by atoms with Gasteiger partial charge in [-0.25, -0.2) is 9.78 Å². The van der Waals surface area contributed by atoms with Crippen molar-refractivity contribution in [2.45, 2.75) is 46.1 Å².